The lowest BCUT2D eigenvalue weighted by Gasteiger charge is -2.14. The Morgan fingerprint density at radius 1 is 1.11 bits per heavy atom. The number of nitro benzene ring substituents is 1. The van der Waals surface area contributed by atoms with Crippen molar-refractivity contribution in [2.45, 2.75) is 24.7 Å². The first kappa shape index (κ1) is 26.6. The van der Waals surface area contributed by atoms with Gasteiger partial charge in [-0.05, 0) is 70.9 Å². The monoisotopic (exact) mass is 584 g/mol. The zero-order chi connectivity index (χ0) is 26.0. The van der Waals surface area contributed by atoms with Crippen molar-refractivity contribution < 1.29 is 14.4 Å². The molecule has 0 spiro atoms. The van der Waals surface area contributed by atoms with Crippen LogP contribution in [0.1, 0.15) is 17.5 Å². The van der Waals surface area contributed by atoms with E-state index in [1.165, 1.54) is 12.1 Å². The third kappa shape index (κ3) is 7.28. The van der Waals surface area contributed by atoms with Crippen molar-refractivity contribution in [2.75, 3.05) is 19.4 Å². The van der Waals surface area contributed by atoms with Gasteiger partial charge in [0.15, 0.2) is 11.5 Å². The molecule has 0 radical (unpaired) electrons. The van der Waals surface area contributed by atoms with Crippen LogP contribution in [0.3, 0.4) is 0 Å². The summed E-state index contributed by atoms with van der Waals surface area (Å²) in [7, 11) is 1.60. The van der Waals surface area contributed by atoms with Crippen LogP contribution in [0.4, 0.5) is 5.69 Å². The molecule has 1 aromatic heterocycles. The molecule has 0 aliphatic heterocycles. The van der Waals surface area contributed by atoms with Gasteiger partial charge in [0, 0.05) is 28.9 Å². The molecule has 3 aromatic carbocycles. The second-order valence-corrected chi connectivity index (χ2v) is 9.81. The van der Waals surface area contributed by atoms with Crippen molar-refractivity contribution in [3.05, 3.63) is 92.4 Å². The molecule has 0 aliphatic rings. The van der Waals surface area contributed by atoms with Crippen LogP contribution in [0.15, 0.2) is 76.4 Å². The van der Waals surface area contributed by atoms with Gasteiger partial charge in [0.25, 0.3) is 5.69 Å². The third-order valence-electron chi connectivity index (χ3n) is 5.36. The smallest absolute Gasteiger partial charge is 0.269 e. The van der Waals surface area contributed by atoms with Gasteiger partial charge in [-0.2, -0.15) is 4.68 Å². The Morgan fingerprint density at radius 2 is 1.89 bits per heavy atom. The zero-order valence-corrected chi connectivity index (χ0v) is 22.4. The molecule has 0 fully saturated rings. The zero-order valence-electron chi connectivity index (χ0n) is 20.0. The van der Waals surface area contributed by atoms with Gasteiger partial charge in [0.2, 0.25) is 5.16 Å². The minimum atomic E-state index is -0.424. The van der Waals surface area contributed by atoms with Crippen LogP contribution < -0.4 is 14.8 Å². The minimum absolute atomic E-state index is 0.0481. The summed E-state index contributed by atoms with van der Waals surface area (Å²) in [4.78, 5) is 10.4. The largest absolute Gasteiger partial charge is 0.493 e. The van der Waals surface area contributed by atoms with E-state index in [4.69, 9.17) is 9.47 Å². The number of aromatic nitrogens is 4. The van der Waals surface area contributed by atoms with Crippen LogP contribution in [0.25, 0.3) is 5.69 Å². The molecule has 0 aliphatic carbocycles. The molecule has 0 amide bonds. The van der Waals surface area contributed by atoms with E-state index in [-0.39, 0.29) is 12.3 Å². The van der Waals surface area contributed by atoms with Crippen molar-refractivity contribution in [3.63, 3.8) is 0 Å². The Kier molecular flexibility index (Phi) is 9.46. The molecule has 1 N–H and O–H groups in total. The van der Waals surface area contributed by atoms with E-state index in [1.807, 2.05) is 42.5 Å². The molecule has 0 unspecified atom stereocenters. The number of benzene rings is 3. The molecule has 37 heavy (non-hydrogen) atoms. The number of ether oxygens (including phenoxy) is 2. The first-order chi connectivity index (χ1) is 18.0. The quantitative estimate of drug-likeness (QED) is 0.0979. The number of non-ortho nitro benzene ring substituents is 1. The van der Waals surface area contributed by atoms with E-state index in [1.54, 1.807) is 35.7 Å². The number of nitrogens with one attached hydrogen (secondary N) is 1. The van der Waals surface area contributed by atoms with Crippen molar-refractivity contribution in [1.82, 2.24) is 25.5 Å². The lowest BCUT2D eigenvalue weighted by atomic mass is 10.2. The van der Waals surface area contributed by atoms with E-state index in [2.05, 4.69) is 36.8 Å². The van der Waals surface area contributed by atoms with E-state index in [9.17, 15) is 10.1 Å². The molecule has 0 saturated heterocycles. The van der Waals surface area contributed by atoms with Gasteiger partial charge >= 0.3 is 0 Å². The number of para-hydroxylation sites is 1. The Balaban J connectivity index is 1.24. The number of hydrogen-bond acceptors (Lipinski definition) is 9. The van der Waals surface area contributed by atoms with E-state index >= 15 is 0 Å². The second-order valence-electron chi connectivity index (χ2n) is 7.89. The van der Waals surface area contributed by atoms with Crippen LogP contribution in [0, 0.1) is 10.1 Å². The third-order valence-corrected chi connectivity index (χ3v) is 7.10. The van der Waals surface area contributed by atoms with E-state index in [0.717, 1.165) is 45.2 Å². The normalized spacial score (nSPS) is 10.9. The first-order valence-corrected chi connectivity index (χ1v) is 13.2. The molecule has 10 nitrogen and oxygen atoms in total. The highest BCUT2D eigenvalue weighted by Crippen LogP contribution is 2.34. The predicted molar refractivity (Wildman–Crippen MR) is 144 cm³/mol. The van der Waals surface area contributed by atoms with Gasteiger partial charge in [-0.25, -0.2) is 0 Å². The molecular weight excluding hydrogens is 560 g/mol. The van der Waals surface area contributed by atoms with Gasteiger partial charge in [-0.3, -0.25) is 10.1 Å². The molecule has 0 atom stereocenters. The SMILES string of the molecule is COc1cc(CNCCCSc2nnnn2-c2ccccc2)c(Br)cc1OCc1ccc([N+](=O)[O-])cc1. The van der Waals surface area contributed by atoms with Gasteiger partial charge in [-0.1, -0.05) is 45.9 Å². The molecule has 12 heteroatoms. The molecule has 192 valence electrons. The van der Waals surface area contributed by atoms with Crippen molar-refractivity contribution in [1.29, 1.82) is 0 Å². The van der Waals surface area contributed by atoms with E-state index in [0.29, 0.717) is 18.0 Å². The van der Waals surface area contributed by atoms with E-state index < -0.39 is 4.92 Å². The summed E-state index contributed by atoms with van der Waals surface area (Å²) in [5, 5.41) is 27.1. The summed E-state index contributed by atoms with van der Waals surface area (Å²) in [6.45, 7) is 1.75. The highest BCUT2D eigenvalue weighted by atomic mass is 79.9. The summed E-state index contributed by atoms with van der Waals surface area (Å²) >= 11 is 5.24. The fourth-order valence-corrected chi connectivity index (χ4v) is 4.74. The Labute approximate surface area is 226 Å². The molecule has 4 rings (SSSR count). The maximum atomic E-state index is 10.8. The number of hydrogen-bond donors (Lipinski definition) is 1. The number of tetrazole rings is 1. The van der Waals surface area contributed by atoms with Crippen molar-refractivity contribution in [2.24, 2.45) is 0 Å². The van der Waals surface area contributed by atoms with Gasteiger partial charge < -0.3 is 14.8 Å². The predicted octanol–water partition coefficient (Wildman–Crippen LogP) is 5.19. The number of halogens is 1. The van der Waals surface area contributed by atoms with Crippen LogP contribution >= 0.6 is 27.7 Å². The average molecular weight is 585 g/mol. The molecule has 0 bridgehead atoms. The first-order valence-electron chi connectivity index (χ1n) is 11.4. The van der Waals surface area contributed by atoms with Gasteiger partial charge in [-0.15, -0.1) is 5.10 Å². The second kappa shape index (κ2) is 13.2. The minimum Gasteiger partial charge on any atom is -0.493 e. The number of rotatable bonds is 13. The molecule has 1 heterocycles. The molecule has 0 saturated carbocycles. The maximum Gasteiger partial charge on any atom is 0.269 e. The fourth-order valence-electron chi connectivity index (χ4n) is 3.44. The lowest BCUT2D eigenvalue weighted by Crippen LogP contribution is -2.16. The van der Waals surface area contributed by atoms with Gasteiger partial charge in [0.1, 0.15) is 6.61 Å². The number of nitrogens with zero attached hydrogens (tertiary/aromatic N) is 5. The standard InChI is InChI=1S/C25H25BrN6O4S/c1-35-23-14-19(22(26)15-24(23)36-17-18-8-10-21(11-9-18)32(33)34)16-27-12-5-13-37-25-28-29-30-31(25)20-6-3-2-4-7-20/h2-4,6-11,14-15,27H,5,12-13,16-17H2,1H3. The summed E-state index contributed by atoms with van der Waals surface area (Å²) in [5.41, 5.74) is 2.85. The lowest BCUT2D eigenvalue weighted by molar-refractivity contribution is -0.384. The maximum absolute atomic E-state index is 10.8. The highest BCUT2D eigenvalue weighted by Gasteiger charge is 2.12. The summed E-state index contributed by atoms with van der Waals surface area (Å²) in [6, 6.07) is 19.9. The number of methoxy groups -OCH3 is 1. The number of thioether (sulfide) groups is 1. The molecular formula is C25H25BrN6O4S. The summed E-state index contributed by atoms with van der Waals surface area (Å²) in [6.07, 6.45) is 0.942. The topological polar surface area (TPSA) is 117 Å². The Bertz CT molecular complexity index is 1320. The van der Waals surface area contributed by atoms with Crippen LogP contribution in [-0.2, 0) is 13.2 Å². The van der Waals surface area contributed by atoms with Crippen LogP contribution in [0.2, 0.25) is 0 Å². The fraction of sp³-hybridized carbons (Fsp3) is 0.240. The Morgan fingerprint density at radius 3 is 2.62 bits per heavy atom. The highest BCUT2D eigenvalue weighted by molar-refractivity contribution is 9.10. The average Bonchev–Trinajstić information content (AvgIpc) is 3.39. The summed E-state index contributed by atoms with van der Waals surface area (Å²) < 4.78 is 14.1. The Hall–Kier alpha value is -3.48. The summed E-state index contributed by atoms with van der Waals surface area (Å²) in [5.74, 6) is 2.08. The van der Waals surface area contributed by atoms with Crippen LogP contribution in [-0.4, -0.2) is 44.5 Å². The molecule has 4 aromatic rings. The van der Waals surface area contributed by atoms with Crippen molar-refractivity contribution in [3.8, 4) is 17.2 Å². The van der Waals surface area contributed by atoms with Gasteiger partial charge in [0.05, 0.1) is 17.7 Å². The van der Waals surface area contributed by atoms with Crippen molar-refractivity contribution >= 4 is 33.4 Å². The van der Waals surface area contributed by atoms with Crippen LogP contribution in [0.5, 0.6) is 11.5 Å². The number of nitro groups is 1.